The summed E-state index contributed by atoms with van der Waals surface area (Å²) in [5.41, 5.74) is 1.61. The van der Waals surface area contributed by atoms with Crippen LogP contribution in [0.2, 0.25) is 0 Å². The largest absolute Gasteiger partial charge is 0.347 e. The Balaban J connectivity index is 1.53. The van der Waals surface area contributed by atoms with Crippen molar-refractivity contribution >= 4 is 11.8 Å². The van der Waals surface area contributed by atoms with Crippen molar-refractivity contribution < 1.29 is 9.59 Å². The van der Waals surface area contributed by atoms with E-state index in [4.69, 9.17) is 0 Å². The predicted molar refractivity (Wildman–Crippen MR) is 90.8 cm³/mol. The van der Waals surface area contributed by atoms with Crippen molar-refractivity contribution in [3.63, 3.8) is 0 Å². The summed E-state index contributed by atoms with van der Waals surface area (Å²) in [6.07, 6.45) is 8.51. The molecule has 130 valence electrons. The highest BCUT2D eigenvalue weighted by molar-refractivity contribution is 5.94. The monoisotopic (exact) mass is 339 g/mol. The summed E-state index contributed by atoms with van der Waals surface area (Å²) < 4.78 is 1.87. The molecule has 2 N–H and O–H groups in total. The van der Waals surface area contributed by atoms with Crippen LogP contribution in [-0.2, 0) is 11.8 Å². The van der Waals surface area contributed by atoms with E-state index in [-0.39, 0.29) is 23.9 Å². The molecule has 2 aliphatic rings. The minimum Gasteiger partial charge on any atom is -0.347 e. The van der Waals surface area contributed by atoms with Crippen LogP contribution in [0.1, 0.15) is 59.5 Å². The Morgan fingerprint density at radius 3 is 2.84 bits per heavy atom. The van der Waals surface area contributed by atoms with E-state index < -0.39 is 0 Å². The molecule has 1 saturated heterocycles. The highest BCUT2D eigenvalue weighted by Gasteiger charge is 2.34. The van der Waals surface area contributed by atoms with Gasteiger partial charge in [-0.3, -0.25) is 14.6 Å². The van der Waals surface area contributed by atoms with Crippen molar-refractivity contribution in [1.82, 2.24) is 25.2 Å². The molecule has 1 aliphatic heterocycles. The Labute approximate surface area is 145 Å². The van der Waals surface area contributed by atoms with Crippen molar-refractivity contribution in [2.75, 3.05) is 0 Å². The average molecular weight is 339 g/mol. The van der Waals surface area contributed by atoms with E-state index >= 15 is 0 Å². The van der Waals surface area contributed by atoms with Crippen molar-refractivity contribution in [3.05, 3.63) is 47.8 Å². The topological polar surface area (TPSA) is 88.9 Å². The van der Waals surface area contributed by atoms with Gasteiger partial charge in [0.2, 0.25) is 5.91 Å². The number of carbonyl (C=O) groups is 2. The molecule has 0 bridgehead atoms. The zero-order chi connectivity index (χ0) is 17.4. The van der Waals surface area contributed by atoms with Crippen LogP contribution in [0.5, 0.6) is 0 Å². The summed E-state index contributed by atoms with van der Waals surface area (Å²) in [6.45, 7) is 0. The molecule has 1 saturated carbocycles. The van der Waals surface area contributed by atoms with Gasteiger partial charge in [-0.2, -0.15) is 0 Å². The van der Waals surface area contributed by atoms with Gasteiger partial charge in [0.05, 0.1) is 6.04 Å². The quantitative estimate of drug-likeness (QED) is 0.882. The van der Waals surface area contributed by atoms with Gasteiger partial charge in [0.25, 0.3) is 5.91 Å². The van der Waals surface area contributed by atoms with Gasteiger partial charge in [0, 0.05) is 49.2 Å². The molecule has 2 fully saturated rings. The van der Waals surface area contributed by atoms with Gasteiger partial charge in [-0.25, -0.2) is 4.98 Å². The molecule has 2 atom stereocenters. The molecule has 4 rings (SSSR count). The van der Waals surface area contributed by atoms with Crippen molar-refractivity contribution in [3.8, 4) is 0 Å². The lowest BCUT2D eigenvalue weighted by Gasteiger charge is -2.32. The van der Waals surface area contributed by atoms with E-state index in [1.54, 1.807) is 18.5 Å². The fourth-order valence-corrected chi connectivity index (χ4v) is 3.32. The second-order valence-electron chi connectivity index (χ2n) is 6.80. The third kappa shape index (κ3) is 3.26. The lowest BCUT2D eigenvalue weighted by molar-refractivity contribution is -0.124. The van der Waals surface area contributed by atoms with Gasteiger partial charge in [-0.05, 0) is 31.4 Å². The Morgan fingerprint density at radius 2 is 2.12 bits per heavy atom. The van der Waals surface area contributed by atoms with Crippen LogP contribution in [0.3, 0.4) is 0 Å². The summed E-state index contributed by atoms with van der Waals surface area (Å²) in [7, 11) is 1.88. The first-order valence-corrected chi connectivity index (χ1v) is 8.65. The van der Waals surface area contributed by atoms with Gasteiger partial charge in [-0.1, -0.05) is 0 Å². The SMILES string of the molecule is Cn1ccnc1[C@@H]1NC(=O)CC[C@H]1NC(=O)c1ccnc(C2CC2)c1. The molecule has 7 nitrogen and oxygen atoms in total. The highest BCUT2D eigenvalue weighted by atomic mass is 16.2. The van der Waals surface area contributed by atoms with Crippen LogP contribution < -0.4 is 10.6 Å². The van der Waals surface area contributed by atoms with Crippen LogP contribution in [-0.4, -0.2) is 32.4 Å². The van der Waals surface area contributed by atoms with E-state index in [0.29, 0.717) is 24.3 Å². The van der Waals surface area contributed by atoms with Gasteiger partial charge >= 0.3 is 0 Å². The molecule has 0 spiro atoms. The third-order valence-corrected chi connectivity index (χ3v) is 4.89. The fraction of sp³-hybridized carbons (Fsp3) is 0.444. The zero-order valence-corrected chi connectivity index (χ0v) is 14.1. The number of amides is 2. The predicted octanol–water partition coefficient (Wildman–Crippen LogP) is 1.44. The molecule has 1 aliphatic carbocycles. The zero-order valence-electron chi connectivity index (χ0n) is 14.1. The second kappa shape index (κ2) is 6.31. The summed E-state index contributed by atoms with van der Waals surface area (Å²) >= 11 is 0. The highest BCUT2D eigenvalue weighted by Crippen LogP contribution is 2.39. The van der Waals surface area contributed by atoms with Crippen molar-refractivity contribution in [1.29, 1.82) is 0 Å². The number of aryl methyl sites for hydroxylation is 1. The Bertz CT molecular complexity index is 811. The van der Waals surface area contributed by atoms with Crippen molar-refractivity contribution in [2.24, 2.45) is 7.05 Å². The number of nitrogens with zero attached hydrogens (tertiary/aromatic N) is 3. The minimum absolute atomic E-state index is 0.0153. The molecule has 25 heavy (non-hydrogen) atoms. The Hall–Kier alpha value is -2.70. The molecule has 2 aromatic rings. The fourth-order valence-electron chi connectivity index (χ4n) is 3.32. The standard InChI is InChI=1S/C18H21N5O2/c1-23-9-8-20-17(23)16-13(4-5-15(24)22-16)21-18(25)12-6-7-19-14(10-12)11-2-3-11/h6-11,13,16H,2-5H2,1H3,(H,21,25)(H,22,24)/t13-,16-/m1/s1. The molecule has 3 heterocycles. The molecule has 0 unspecified atom stereocenters. The number of nitrogens with one attached hydrogen (secondary N) is 2. The van der Waals surface area contributed by atoms with Gasteiger partial charge in [0.1, 0.15) is 11.9 Å². The molecule has 0 radical (unpaired) electrons. The van der Waals surface area contributed by atoms with E-state index in [2.05, 4.69) is 20.6 Å². The average Bonchev–Trinajstić information content (AvgIpc) is 3.38. The number of aromatic nitrogens is 3. The summed E-state index contributed by atoms with van der Waals surface area (Å²) in [6, 6.07) is 3.10. The van der Waals surface area contributed by atoms with Crippen LogP contribution in [0.15, 0.2) is 30.7 Å². The number of imidazole rings is 1. The third-order valence-electron chi connectivity index (χ3n) is 4.89. The number of rotatable bonds is 4. The van der Waals surface area contributed by atoms with E-state index in [1.807, 2.05) is 23.9 Å². The lowest BCUT2D eigenvalue weighted by Crippen LogP contribution is -2.50. The maximum Gasteiger partial charge on any atom is 0.251 e. The number of piperidine rings is 1. The molecule has 2 amide bonds. The minimum atomic E-state index is -0.324. The number of carbonyl (C=O) groups excluding carboxylic acids is 2. The van der Waals surface area contributed by atoms with E-state index in [1.165, 1.54) is 0 Å². The lowest BCUT2D eigenvalue weighted by atomic mass is 9.96. The second-order valence-corrected chi connectivity index (χ2v) is 6.80. The van der Waals surface area contributed by atoms with Gasteiger partial charge in [0.15, 0.2) is 0 Å². The normalized spacial score (nSPS) is 23.2. The van der Waals surface area contributed by atoms with Crippen LogP contribution in [0.25, 0.3) is 0 Å². The Kier molecular flexibility index (Phi) is 3.99. The first-order valence-electron chi connectivity index (χ1n) is 8.65. The summed E-state index contributed by atoms with van der Waals surface area (Å²) in [5.74, 6) is 1.09. The van der Waals surface area contributed by atoms with E-state index in [0.717, 1.165) is 24.4 Å². The van der Waals surface area contributed by atoms with Gasteiger partial charge < -0.3 is 15.2 Å². The van der Waals surface area contributed by atoms with Gasteiger partial charge in [-0.15, -0.1) is 0 Å². The molecule has 0 aromatic carbocycles. The molecular weight excluding hydrogens is 318 g/mol. The Morgan fingerprint density at radius 1 is 1.28 bits per heavy atom. The van der Waals surface area contributed by atoms with Crippen LogP contribution in [0, 0.1) is 0 Å². The van der Waals surface area contributed by atoms with Crippen LogP contribution in [0.4, 0.5) is 0 Å². The maximum atomic E-state index is 12.7. The molecular formula is C18H21N5O2. The van der Waals surface area contributed by atoms with Crippen molar-refractivity contribution in [2.45, 2.75) is 43.7 Å². The number of pyridine rings is 1. The number of hydrogen-bond acceptors (Lipinski definition) is 4. The van der Waals surface area contributed by atoms with E-state index in [9.17, 15) is 9.59 Å². The molecule has 2 aromatic heterocycles. The first kappa shape index (κ1) is 15.8. The maximum absolute atomic E-state index is 12.7. The summed E-state index contributed by atoms with van der Waals surface area (Å²) in [4.78, 5) is 33.2. The molecule has 7 heteroatoms. The number of hydrogen-bond donors (Lipinski definition) is 2. The smallest absolute Gasteiger partial charge is 0.251 e. The summed E-state index contributed by atoms with van der Waals surface area (Å²) in [5, 5.41) is 6.03. The van der Waals surface area contributed by atoms with Crippen LogP contribution >= 0.6 is 0 Å². The first-order chi connectivity index (χ1) is 12.1.